The number of thiophene rings is 1. The zero-order chi connectivity index (χ0) is 14.2. The molecule has 0 aromatic carbocycles. The molecular formula is C12H17NO4S2. The Kier molecular flexibility index (Phi) is 3.98. The summed E-state index contributed by atoms with van der Waals surface area (Å²) >= 11 is 0.971. The van der Waals surface area contributed by atoms with Crippen LogP contribution in [0.2, 0.25) is 0 Å². The lowest BCUT2D eigenvalue weighted by Crippen LogP contribution is -2.29. The lowest BCUT2D eigenvalue weighted by Gasteiger charge is -2.17. The minimum absolute atomic E-state index is 0.0307. The van der Waals surface area contributed by atoms with Crippen molar-refractivity contribution in [3.05, 3.63) is 17.0 Å². The average molecular weight is 303 g/mol. The van der Waals surface area contributed by atoms with Crippen LogP contribution in [0.4, 0.5) is 0 Å². The molecule has 2 rings (SSSR count). The van der Waals surface area contributed by atoms with Crippen LogP contribution in [0.5, 0.6) is 0 Å². The highest BCUT2D eigenvalue weighted by molar-refractivity contribution is 7.91. The Morgan fingerprint density at radius 2 is 2.21 bits per heavy atom. The van der Waals surface area contributed by atoms with Crippen LogP contribution in [-0.4, -0.2) is 36.9 Å². The summed E-state index contributed by atoms with van der Waals surface area (Å²) in [6.07, 6.45) is 0.869. The van der Waals surface area contributed by atoms with Crippen LogP contribution in [0, 0.1) is 11.8 Å². The van der Waals surface area contributed by atoms with E-state index in [-0.39, 0.29) is 9.77 Å². The largest absolute Gasteiger partial charge is 0.478 e. The van der Waals surface area contributed by atoms with Crippen LogP contribution in [0.1, 0.15) is 30.6 Å². The molecule has 0 radical (unpaired) electrons. The molecule has 0 amide bonds. The van der Waals surface area contributed by atoms with Gasteiger partial charge in [0.05, 0.1) is 5.56 Å². The number of carboxylic acids is 1. The van der Waals surface area contributed by atoms with Gasteiger partial charge in [0.2, 0.25) is 0 Å². The molecule has 19 heavy (non-hydrogen) atoms. The second kappa shape index (κ2) is 5.22. The number of nitrogens with zero attached hydrogens (tertiary/aromatic N) is 1. The zero-order valence-electron chi connectivity index (χ0n) is 10.9. The molecule has 1 aromatic rings. The molecule has 1 aliphatic rings. The monoisotopic (exact) mass is 303 g/mol. The summed E-state index contributed by atoms with van der Waals surface area (Å²) in [6, 6.07) is 1.24. The van der Waals surface area contributed by atoms with Crippen LogP contribution in [0.3, 0.4) is 0 Å². The van der Waals surface area contributed by atoms with E-state index in [1.807, 2.05) is 0 Å². The maximum Gasteiger partial charge on any atom is 0.336 e. The molecule has 1 saturated heterocycles. The lowest BCUT2D eigenvalue weighted by atomic mass is 9.96. The first-order valence-electron chi connectivity index (χ1n) is 6.14. The number of aromatic carboxylic acids is 1. The van der Waals surface area contributed by atoms with E-state index in [1.165, 1.54) is 15.8 Å². The molecule has 0 saturated carbocycles. The summed E-state index contributed by atoms with van der Waals surface area (Å²) in [5.41, 5.74) is 0.0307. The van der Waals surface area contributed by atoms with Crippen molar-refractivity contribution in [2.24, 2.45) is 11.8 Å². The highest BCUT2D eigenvalue weighted by Gasteiger charge is 2.34. The Morgan fingerprint density at radius 1 is 1.53 bits per heavy atom. The predicted octanol–water partition coefficient (Wildman–Crippen LogP) is 2.11. The van der Waals surface area contributed by atoms with Crippen LogP contribution in [0.15, 0.2) is 15.7 Å². The molecule has 0 bridgehead atoms. The highest BCUT2D eigenvalue weighted by Crippen LogP contribution is 2.31. The van der Waals surface area contributed by atoms with Crippen molar-refractivity contribution in [1.82, 2.24) is 4.31 Å². The Labute approximate surface area is 116 Å². The van der Waals surface area contributed by atoms with Gasteiger partial charge in [-0.25, -0.2) is 13.2 Å². The quantitative estimate of drug-likeness (QED) is 0.924. The molecule has 1 N–H and O–H groups in total. The van der Waals surface area contributed by atoms with Crippen LogP contribution in [0.25, 0.3) is 0 Å². The first-order chi connectivity index (χ1) is 8.82. The molecule has 1 fully saturated rings. The van der Waals surface area contributed by atoms with E-state index in [9.17, 15) is 13.2 Å². The molecule has 1 atom stereocenters. The van der Waals surface area contributed by atoms with Gasteiger partial charge in [-0.1, -0.05) is 13.8 Å². The van der Waals surface area contributed by atoms with Gasteiger partial charge in [0.1, 0.15) is 4.21 Å². The third-order valence-electron chi connectivity index (χ3n) is 3.55. The molecule has 0 aliphatic carbocycles. The Bertz CT molecular complexity index is 576. The van der Waals surface area contributed by atoms with Crippen molar-refractivity contribution in [3.8, 4) is 0 Å². The van der Waals surface area contributed by atoms with Gasteiger partial charge in [-0.2, -0.15) is 4.31 Å². The number of carbonyl (C=O) groups is 1. The summed E-state index contributed by atoms with van der Waals surface area (Å²) in [6.45, 7) is 5.23. The third kappa shape index (κ3) is 2.82. The molecule has 0 spiro atoms. The van der Waals surface area contributed by atoms with Gasteiger partial charge in [-0.15, -0.1) is 11.3 Å². The molecule has 5 nitrogen and oxygen atoms in total. The minimum Gasteiger partial charge on any atom is -0.478 e. The molecule has 1 aromatic heterocycles. The van der Waals surface area contributed by atoms with Crippen LogP contribution >= 0.6 is 11.3 Å². The number of hydrogen-bond acceptors (Lipinski definition) is 4. The Hall–Kier alpha value is -0.920. The summed E-state index contributed by atoms with van der Waals surface area (Å²) in [5, 5.41) is 10.2. The number of sulfonamides is 1. The number of hydrogen-bond donors (Lipinski definition) is 1. The van der Waals surface area contributed by atoms with Crippen LogP contribution in [-0.2, 0) is 10.0 Å². The van der Waals surface area contributed by atoms with Crippen molar-refractivity contribution in [3.63, 3.8) is 0 Å². The summed E-state index contributed by atoms with van der Waals surface area (Å²) in [5.74, 6) is -0.258. The average Bonchev–Trinajstić information content (AvgIpc) is 2.99. The fraction of sp³-hybridized carbons (Fsp3) is 0.583. The Balaban J connectivity index is 2.21. The van der Waals surface area contributed by atoms with Crippen molar-refractivity contribution in [1.29, 1.82) is 0 Å². The maximum atomic E-state index is 12.4. The van der Waals surface area contributed by atoms with E-state index in [4.69, 9.17) is 5.11 Å². The van der Waals surface area contributed by atoms with E-state index >= 15 is 0 Å². The van der Waals surface area contributed by atoms with E-state index in [0.29, 0.717) is 24.9 Å². The highest BCUT2D eigenvalue weighted by atomic mass is 32.2. The molecule has 106 valence electrons. The van der Waals surface area contributed by atoms with E-state index in [0.717, 1.165) is 17.8 Å². The fourth-order valence-corrected chi connectivity index (χ4v) is 5.03. The minimum atomic E-state index is -3.53. The summed E-state index contributed by atoms with van der Waals surface area (Å²) < 4.78 is 26.4. The van der Waals surface area contributed by atoms with Crippen molar-refractivity contribution < 1.29 is 18.3 Å². The SMILES string of the molecule is CC(C)C1CCN(S(=O)(=O)c2cc(C(=O)O)cs2)C1. The van der Waals surface area contributed by atoms with Gasteiger partial charge in [0, 0.05) is 18.5 Å². The smallest absolute Gasteiger partial charge is 0.336 e. The lowest BCUT2D eigenvalue weighted by molar-refractivity contribution is 0.0697. The standard InChI is InChI=1S/C12H17NO4S2/c1-8(2)9-3-4-13(6-9)19(16,17)11-5-10(7-18-11)12(14)15/h5,7-9H,3-4,6H2,1-2H3,(H,14,15). The van der Waals surface area contributed by atoms with Crippen molar-refractivity contribution >= 4 is 27.3 Å². The van der Waals surface area contributed by atoms with Gasteiger partial charge in [-0.3, -0.25) is 0 Å². The van der Waals surface area contributed by atoms with Gasteiger partial charge < -0.3 is 5.11 Å². The predicted molar refractivity (Wildman–Crippen MR) is 73.0 cm³/mol. The third-order valence-corrected chi connectivity index (χ3v) is 6.83. The van der Waals surface area contributed by atoms with Gasteiger partial charge in [-0.05, 0) is 24.3 Å². The molecule has 1 aliphatic heterocycles. The van der Waals surface area contributed by atoms with E-state index in [1.54, 1.807) is 0 Å². The van der Waals surface area contributed by atoms with Crippen LogP contribution < -0.4 is 0 Å². The van der Waals surface area contributed by atoms with Gasteiger partial charge >= 0.3 is 5.97 Å². The maximum absolute atomic E-state index is 12.4. The second-order valence-corrected chi connectivity index (χ2v) is 8.19. The number of rotatable bonds is 4. The second-order valence-electron chi connectivity index (χ2n) is 5.12. The zero-order valence-corrected chi connectivity index (χ0v) is 12.5. The Morgan fingerprint density at radius 3 is 2.68 bits per heavy atom. The topological polar surface area (TPSA) is 74.7 Å². The molecule has 2 heterocycles. The first kappa shape index (κ1) is 14.5. The molecule has 1 unspecified atom stereocenters. The van der Waals surface area contributed by atoms with Crippen molar-refractivity contribution in [2.45, 2.75) is 24.5 Å². The first-order valence-corrected chi connectivity index (χ1v) is 8.46. The van der Waals surface area contributed by atoms with Crippen molar-refractivity contribution in [2.75, 3.05) is 13.1 Å². The normalized spacial score (nSPS) is 21.1. The van der Waals surface area contributed by atoms with Gasteiger partial charge in [0.15, 0.2) is 0 Å². The molecule has 7 heteroatoms. The fourth-order valence-electron chi connectivity index (χ4n) is 2.21. The van der Waals surface area contributed by atoms with Gasteiger partial charge in [0.25, 0.3) is 10.0 Å². The molecular weight excluding hydrogens is 286 g/mol. The summed E-state index contributed by atoms with van der Waals surface area (Å²) in [4.78, 5) is 10.8. The van der Waals surface area contributed by atoms with E-state index in [2.05, 4.69) is 13.8 Å². The van der Waals surface area contributed by atoms with E-state index < -0.39 is 16.0 Å². The number of carboxylic acid groups (broad SMARTS) is 1. The summed E-state index contributed by atoms with van der Waals surface area (Å²) in [7, 11) is -3.53.